The largest absolute Gasteiger partial charge is 0.494 e. The first kappa shape index (κ1) is 20.7. The molecule has 0 aliphatic heterocycles. The fourth-order valence-electron chi connectivity index (χ4n) is 2.98. The highest BCUT2D eigenvalue weighted by Crippen LogP contribution is 2.31. The number of aromatic nitrogens is 2. The maximum Gasteiger partial charge on any atom is 0.358 e. The van der Waals surface area contributed by atoms with Crippen LogP contribution in [0.25, 0.3) is 11.3 Å². The number of esters is 1. The van der Waals surface area contributed by atoms with E-state index in [2.05, 4.69) is 5.10 Å². The Hall–Kier alpha value is -2.99. The Bertz CT molecular complexity index is 976. The van der Waals surface area contributed by atoms with Crippen LogP contribution in [0.5, 0.6) is 11.5 Å². The quantitative estimate of drug-likeness (QED) is 0.494. The number of hydrogen-bond donors (Lipinski definition) is 0. The van der Waals surface area contributed by atoms with E-state index in [0.717, 1.165) is 16.8 Å². The van der Waals surface area contributed by atoms with Crippen LogP contribution in [0.2, 0.25) is 5.02 Å². The molecule has 0 saturated heterocycles. The van der Waals surface area contributed by atoms with E-state index in [0.29, 0.717) is 36.3 Å². The minimum atomic E-state index is -0.504. The third-order valence-electron chi connectivity index (χ3n) is 4.25. The molecule has 6 nitrogen and oxygen atoms in total. The second kappa shape index (κ2) is 9.47. The average Bonchev–Trinajstić information content (AvgIpc) is 3.13. The topological polar surface area (TPSA) is 62.6 Å². The highest BCUT2D eigenvalue weighted by atomic mass is 35.5. The van der Waals surface area contributed by atoms with Crippen LogP contribution in [-0.4, -0.2) is 36.1 Å². The van der Waals surface area contributed by atoms with Crippen LogP contribution in [0.4, 0.5) is 0 Å². The van der Waals surface area contributed by atoms with Gasteiger partial charge in [-0.1, -0.05) is 29.8 Å². The number of benzene rings is 2. The SMILES string of the molecule is CCOc1cc(OCC)cc(-c2cc(C(=O)OC)nn2Cc2ccccc2Cl)c1. The molecule has 3 aromatic rings. The lowest BCUT2D eigenvalue weighted by Crippen LogP contribution is -2.07. The zero-order chi connectivity index (χ0) is 20.8. The number of rotatable bonds is 8. The van der Waals surface area contributed by atoms with Gasteiger partial charge in [0.25, 0.3) is 0 Å². The molecule has 152 valence electrons. The standard InChI is InChI=1S/C22H23ClN2O4/c1-4-28-17-10-16(11-18(12-17)29-5-2)21-13-20(22(26)27-3)24-25(21)14-15-8-6-7-9-19(15)23/h6-13H,4-5,14H2,1-3H3. The molecule has 0 N–H and O–H groups in total. The molecule has 2 aromatic carbocycles. The lowest BCUT2D eigenvalue weighted by molar-refractivity contribution is 0.0593. The van der Waals surface area contributed by atoms with Crippen LogP contribution in [0, 0.1) is 0 Å². The smallest absolute Gasteiger partial charge is 0.358 e. The zero-order valence-corrected chi connectivity index (χ0v) is 17.4. The molecule has 7 heteroatoms. The minimum Gasteiger partial charge on any atom is -0.494 e. The van der Waals surface area contributed by atoms with Crippen molar-refractivity contribution >= 4 is 17.6 Å². The summed E-state index contributed by atoms with van der Waals surface area (Å²) in [4.78, 5) is 12.1. The first-order chi connectivity index (χ1) is 14.0. The molecule has 0 fully saturated rings. The molecule has 0 amide bonds. The van der Waals surface area contributed by atoms with Crippen molar-refractivity contribution in [1.29, 1.82) is 0 Å². The molecule has 0 saturated carbocycles. The van der Waals surface area contributed by atoms with Gasteiger partial charge >= 0.3 is 5.97 Å². The molecule has 0 bridgehead atoms. The maximum absolute atomic E-state index is 12.1. The summed E-state index contributed by atoms with van der Waals surface area (Å²) in [6.07, 6.45) is 0. The van der Waals surface area contributed by atoms with Crippen LogP contribution < -0.4 is 9.47 Å². The third kappa shape index (κ3) is 4.90. The van der Waals surface area contributed by atoms with E-state index in [4.69, 9.17) is 25.8 Å². The molecular weight excluding hydrogens is 392 g/mol. The Labute approximate surface area is 175 Å². The molecule has 1 heterocycles. The molecule has 0 atom stereocenters. The Kier molecular flexibility index (Phi) is 6.77. The van der Waals surface area contributed by atoms with Crippen LogP contribution in [-0.2, 0) is 11.3 Å². The predicted octanol–water partition coefficient (Wildman–Crippen LogP) is 4.84. The molecule has 29 heavy (non-hydrogen) atoms. The number of halogens is 1. The summed E-state index contributed by atoms with van der Waals surface area (Å²) < 4.78 is 17.9. The van der Waals surface area contributed by atoms with Crippen molar-refractivity contribution in [3.63, 3.8) is 0 Å². The molecule has 0 aliphatic carbocycles. The highest BCUT2D eigenvalue weighted by molar-refractivity contribution is 6.31. The molecule has 3 rings (SSSR count). The lowest BCUT2D eigenvalue weighted by Gasteiger charge is -2.13. The van der Waals surface area contributed by atoms with Crippen molar-refractivity contribution in [3.8, 4) is 22.8 Å². The summed E-state index contributed by atoms with van der Waals surface area (Å²) in [6, 6.07) is 14.9. The Morgan fingerprint density at radius 1 is 1.03 bits per heavy atom. The Balaban J connectivity index is 2.11. The summed E-state index contributed by atoms with van der Waals surface area (Å²) in [6.45, 7) is 5.30. The van der Waals surface area contributed by atoms with Gasteiger partial charge in [0.1, 0.15) is 11.5 Å². The van der Waals surface area contributed by atoms with Crippen molar-refractivity contribution in [1.82, 2.24) is 9.78 Å². The average molecular weight is 415 g/mol. The molecule has 1 aromatic heterocycles. The summed E-state index contributed by atoms with van der Waals surface area (Å²) >= 11 is 6.33. The molecular formula is C22H23ClN2O4. The maximum atomic E-state index is 12.1. The van der Waals surface area contributed by atoms with Gasteiger partial charge in [-0.15, -0.1) is 0 Å². The summed E-state index contributed by atoms with van der Waals surface area (Å²) in [7, 11) is 1.33. The van der Waals surface area contributed by atoms with E-state index >= 15 is 0 Å². The van der Waals surface area contributed by atoms with Crippen LogP contribution in [0.15, 0.2) is 48.5 Å². The van der Waals surface area contributed by atoms with Crippen molar-refractivity contribution in [3.05, 3.63) is 64.8 Å². The van der Waals surface area contributed by atoms with Gasteiger partial charge in [-0.25, -0.2) is 4.79 Å². The van der Waals surface area contributed by atoms with Crippen molar-refractivity contribution in [2.24, 2.45) is 0 Å². The number of carbonyl (C=O) groups excluding carboxylic acids is 1. The lowest BCUT2D eigenvalue weighted by atomic mass is 10.1. The summed E-state index contributed by atoms with van der Waals surface area (Å²) in [5.74, 6) is 0.854. The fraction of sp³-hybridized carbons (Fsp3) is 0.273. The van der Waals surface area contributed by atoms with E-state index in [-0.39, 0.29) is 5.69 Å². The van der Waals surface area contributed by atoms with Crippen molar-refractivity contribution in [2.75, 3.05) is 20.3 Å². The zero-order valence-electron chi connectivity index (χ0n) is 16.6. The third-order valence-corrected chi connectivity index (χ3v) is 4.62. The van der Waals surface area contributed by atoms with Gasteiger partial charge in [0, 0.05) is 16.7 Å². The van der Waals surface area contributed by atoms with Gasteiger partial charge in [0.15, 0.2) is 5.69 Å². The van der Waals surface area contributed by atoms with E-state index in [1.807, 2.05) is 56.3 Å². The number of ether oxygens (including phenoxy) is 3. The van der Waals surface area contributed by atoms with Crippen LogP contribution in [0.3, 0.4) is 0 Å². The first-order valence-electron chi connectivity index (χ1n) is 9.36. The van der Waals surface area contributed by atoms with Gasteiger partial charge < -0.3 is 14.2 Å². The van der Waals surface area contributed by atoms with Gasteiger partial charge in [0.05, 0.1) is 32.6 Å². The van der Waals surface area contributed by atoms with Crippen LogP contribution >= 0.6 is 11.6 Å². The monoisotopic (exact) mass is 414 g/mol. The van der Waals surface area contributed by atoms with Gasteiger partial charge in [-0.05, 0) is 43.7 Å². The normalized spacial score (nSPS) is 10.6. The second-order valence-electron chi connectivity index (χ2n) is 6.21. The van der Waals surface area contributed by atoms with E-state index in [1.165, 1.54) is 7.11 Å². The summed E-state index contributed by atoms with van der Waals surface area (Å²) in [5, 5.41) is 5.08. The van der Waals surface area contributed by atoms with E-state index < -0.39 is 5.97 Å². The number of methoxy groups -OCH3 is 1. The van der Waals surface area contributed by atoms with Gasteiger partial charge in [0.2, 0.25) is 0 Å². The molecule has 0 unspecified atom stereocenters. The van der Waals surface area contributed by atoms with E-state index in [1.54, 1.807) is 10.7 Å². The second-order valence-corrected chi connectivity index (χ2v) is 6.62. The van der Waals surface area contributed by atoms with Crippen molar-refractivity contribution in [2.45, 2.75) is 20.4 Å². The fourth-order valence-corrected chi connectivity index (χ4v) is 3.18. The minimum absolute atomic E-state index is 0.217. The number of hydrogen-bond acceptors (Lipinski definition) is 5. The Morgan fingerprint density at radius 3 is 2.28 bits per heavy atom. The number of carbonyl (C=O) groups is 1. The first-order valence-corrected chi connectivity index (χ1v) is 9.74. The summed E-state index contributed by atoms with van der Waals surface area (Å²) in [5.41, 5.74) is 2.65. The van der Waals surface area contributed by atoms with Gasteiger partial charge in [-0.3, -0.25) is 4.68 Å². The van der Waals surface area contributed by atoms with Crippen molar-refractivity contribution < 1.29 is 19.0 Å². The number of nitrogens with zero attached hydrogens (tertiary/aromatic N) is 2. The van der Waals surface area contributed by atoms with E-state index in [9.17, 15) is 4.79 Å². The Morgan fingerprint density at radius 2 is 1.69 bits per heavy atom. The predicted molar refractivity (Wildman–Crippen MR) is 112 cm³/mol. The highest BCUT2D eigenvalue weighted by Gasteiger charge is 2.18. The van der Waals surface area contributed by atoms with Gasteiger partial charge in [-0.2, -0.15) is 5.10 Å². The van der Waals surface area contributed by atoms with Crippen LogP contribution in [0.1, 0.15) is 29.9 Å². The molecule has 0 radical (unpaired) electrons. The molecule has 0 spiro atoms. The molecule has 0 aliphatic rings.